The van der Waals surface area contributed by atoms with Crippen LogP contribution in [-0.4, -0.2) is 18.4 Å². The summed E-state index contributed by atoms with van der Waals surface area (Å²) >= 11 is 5.61. The Kier molecular flexibility index (Phi) is 3.35. The summed E-state index contributed by atoms with van der Waals surface area (Å²) in [5.74, 6) is -0.209. The van der Waals surface area contributed by atoms with Gasteiger partial charge in [0.1, 0.15) is 16.5 Å². The topological polar surface area (TPSA) is 39.2 Å². The average molecular weight is 222 g/mol. The van der Waals surface area contributed by atoms with Crippen molar-refractivity contribution in [2.75, 3.05) is 7.11 Å². The molecule has 1 aromatic rings. The molecule has 0 aliphatic rings. The van der Waals surface area contributed by atoms with Crippen molar-refractivity contribution in [2.45, 2.75) is 6.43 Å². The molecule has 0 fully saturated rings. The molecular weight excluding hydrogens is 216 g/mol. The molecule has 0 radical (unpaired) electrons. The van der Waals surface area contributed by atoms with Crippen LogP contribution < -0.4 is 4.74 Å². The van der Waals surface area contributed by atoms with E-state index in [-0.39, 0.29) is 16.5 Å². The van der Waals surface area contributed by atoms with Crippen molar-refractivity contribution in [3.8, 4) is 5.75 Å². The fourth-order valence-corrected chi connectivity index (χ4v) is 1.22. The fourth-order valence-electron chi connectivity index (χ4n) is 0.942. The highest BCUT2D eigenvalue weighted by atomic mass is 35.5. The Hall–Kier alpha value is -1.23. The number of rotatable bonds is 3. The van der Waals surface area contributed by atoms with Gasteiger partial charge in [-0.25, -0.2) is 8.78 Å². The molecule has 0 atom stereocenters. The van der Waals surface area contributed by atoms with Gasteiger partial charge < -0.3 is 4.74 Å². The quantitative estimate of drug-likeness (QED) is 0.736. The first-order chi connectivity index (χ1) is 6.61. The standard InChI is InChI=1S/C8H6ClF2NO2/c1-14-7-4(8(10)11)2-12-5(3-13)6(7)9/h2-3,8H,1H3. The van der Waals surface area contributed by atoms with Crippen molar-refractivity contribution in [2.24, 2.45) is 0 Å². The highest BCUT2D eigenvalue weighted by molar-refractivity contribution is 6.34. The maximum Gasteiger partial charge on any atom is 0.268 e. The molecule has 0 aromatic carbocycles. The minimum absolute atomic E-state index is 0.118. The minimum atomic E-state index is -2.74. The second-order valence-corrected chi connectivity index (χ2v) is 2.74. The van der Waals surface area contributed by atoms with E-state index in [2.05, 4.69) is 9.72 Å². The molecule has 0 bridgehead atoms. The number of pyridine rings is 1. The molecule has 0 saturated heterocycles. The van der Waals surface area contributed by atoms with Crippen molar-refractivity contribution in [1.29, 1.82) is 0 Å². The molecule has 14 heavy (non-hydrogen) atoms. The maximum absolute atomic E-state index is 12.4. The van der Waals surface area contributed by atoms with Crippen LogP contribution in [0.15, 0.2) is 6.20 Å². The van der Waals surface area contributed by atoms with Crippen LogP contribution in [0.4, 0.5) is 8.78 Å². The molecular formula is C8H6ClF2NO2. The minimum Gasteiger partial charge on any atom is -0.495 e. The Morgan fingerprint density at radius 2 is 2.29 bits per heavy atom. The SMILES string of the molecule is COc1c(C(F)F)cnc(C=O)c1Cl. The molecule has 0 amide bonds. The Balaban J connectivity index is 3.35. The van der Waals surface area contributed by atoms with Gasteiger partial charge in [-0.3, -0.25) is 9.78 Å². The van der Waals surface area contributed by atoms with Crippen LogP contribution in [0, 0.1) is 0 Å². The van der Waals surface area contributed by atoms with E-state index in [1.54, 1.807) is 0 Å². The average Bonchev–Trinajstić information content (AvgIpc) is 2.17. The molecule has 0 spiro atoms. The predicted octanol–water partition coefficient (Wildman–Crippen LogP) is 2.49. The number of hydrogen-bond acceptors (Lipinski definition) is 3. The summed E-state index contributed by atoms with van der Waals surface area (Å²) in [6, 6.07) is 0. The first-order valence-electron chi connectivity index (χ1n) is 3.57. The van der Waals surface area contributed by atoms with Crippen LogP contribution in [0.2, 0.25) is 5.02 Å². The number of aldehydes is 1. The molecule has 3 nitrogen and oxygen atoms in total. The van der Waals surface area contributed by atoms with Crippen molar-refractivity contribution in [3.05, 3.63) is 22.5 Å². The van der Waals surface area contributed by atoms with Gasteiger partial charge >= 0.3 is 0 Å². The first kappa shape index (κ1) is 10.8. The van der Waals surface area contributed by atoms with Crippen LogP contribution in [0.1, 0.15) is 22.5 Å². The van der Waals surface area contributed by atoms with E-state index in [1.165, 1.54) is 7.11 Å². The molecule has 76 valence electrons. The van der Waals surface area contributed by atoms with Crippen LogP contribution >= 0.6 is 11.6 Å². The third-order valence-corrected chi connectivity index (χ3v) is 1.95. The fraction of sp³-hybridized carbons (Fsp3) is 0.250. The van der Waals surface area contributed by atoms with Crippen LogP contribution in [0.3, 0.4) is 0 Å². The van der Waals surface area contributed by atoms with Crippen LogP contribution in [-0.2, 0) is 0 Å². The molecule has 1 aromatic heterocycles. The number of carbonyl (C=O) groups is 1. The van der Waals surface area contributed by atoms with E-state index in [4.69, 9.17) is 11.6 Å². The lowest BCUT2D eigenvalue weighted by atomic mass is 10.2. The van der Waals surface area contributed by atoms with Crippen molar-refractivity contribution in [3.63, 3.8) is 0 Å². The Morgan fingerprint density at radius 3 is 2.71 bits per heavy atom. The summed E-state index contributed by atoms with van der Waals surface area (Å²) in [6.07, 6.45) is -1.49. The first-order valence-corrected chi connectivity index (χ1v) is 3.95. The van der Waals surface area contributed by atoms with Gasteiger partial charge in [-0.2, -0.15) is 0 Å². The van der Waals surface area contributed by atoms with Gasteiger partial charge in [-0.05, 0) is 0 Å². The summed E-state index contributed by atoms with van der Waals surface area (Å²) in [7, 11) is 1.20. The third kappa shape index (κ3) is 1.82. The Morgan fingerprint density at radius 1 is 1.64 bits per heavy atom. The second-order valence-electron chi connectivity index (χ2n) is 2.36. The zero-order valence-corrected chi connectivity index (χ0v) is 7.89. The largest absolute Gasteiger partial charge is 0.495 e. The smallest absolute Gasteiger partial charge is 0.268 e. The zero-order valence-electron chi connectivity index (χ0n) is 7.13. The van der Waals surface area contributed by atoms with E-state index in [0.717, 1.165) is 6.20 Å². The number of halogens is 3. The van der Waals surface area contributed by atoms with Gasteiger partial charge in [0.25, 0.3) is 6.43 Å². The van der Waals surface area contributed by atoms with Crippen LogP contribution in [0.5, 0.6) is 5.75 Å². The summed E-state index contributed by atoms with van der Waals surface area (Å²) in [4.78, 5) is 13.9. The molecule has 0 saturated carbocycles. The van der Waals surface area contributed by atoms with E-state index < -0.39 is 12.0 Å². The highest BCUT2D eigenvalue weighted by Gasteiger charge is 2.19. The number of alkyl halides is 2. The second kappa shape index (κ2) is 4.32. The lowest BCUT2D eigenvalue weighted by Gasteiger charge is -2.09. The third-order valence-electron chi connectivity index (χ3n) is 1.58. The number of hydrogen-bond donors (Lipinski definition) is 0. The monoisotopic (exact) mass is 221 g/mol. The van der Waals surface area contributed by atoms with E-state index in [9.17, 15) is 13.6 Å². The molecule has 1 rings (SSSR count). The number of ether oxygens (including phenoxy) is 1. The number of nitrogens with zero attached hydrogens (tertiary/aromatic N) is 1. The summed E-state index contributed by atoms with van der Waals surface area (Å²) < 4.78 is 29.4. The van der Waals surface area contributed by atoms with Crippen LogP contribution in [0.25, 0.3) is 0 Å². The summed E-state index contributed by atoms with van der Waals surface area (Å²) in [5.41, 5.74) is -0.545. The lowest BCUT2D eigenvalue weighted by molar-refractivity contribution is 0.111. The number of aromatic nitrogens is 1. The van der Waals surface area contributed by atoms with Gasteiger partial charge in [0.15, 0.2) is 6.29 Å². The van der Waals surface area contributed by atoms with Gasteiger partial charge in [-0.15, -0.1) is 0 Å². The van der Waals surface area contributed by atoms with E-state index >= 15 is 0 Å². The number of methoxy groups -OCH3 is 1. The number of carbonyl (C=O) groups excluding carboxylic acids is 1. The summed E-state index contributed by atoms with van der Waals surface area (Å²) in [6.45, 7) is 0. The maximum atomic E-state index is 12.4. The van der Waals surface area contributed by atoms with Crippen molar-refractivity contribution >= 4 is 17.9 Å². The van der Waals surface area contributed by atoms with Gasteiger partial charge in [0.05, 0.1) is 12.7 Å². The van der Waals surface area contributed by atoms with Gasteiger partial charge in [0.2, 0.25) is 0 Å². The Bertz CT molecular complexity index is 357. The van der Waals surface area contributed by atoms with Crippen molar-refractivity contribution < 1.29 is 18.3 Å². The molecule has 6 heteroatoms. The Labute approximate surface area is 83.7 Å². The normalized spacial score (nSPS) is 10.4. The van der Waals surface area contributed by atoms with Gasteiger partial charge in [0, 0.05) is 6.20 Å². The van der Waals surface area contributed by atoms with E-state index in [0.29, 0.717) is 6.29 Å². The molecule has 0 unspecified atom stereocenters. The predicted molar refractivity (Wildman–Crippen MR) is 46.1 cm³/mol. The molecule has 0 N–H and O–H groups in total. The van der Waals surface area contributed by atoms with Crippen molar-refractivity contribution in [1.82, 2.24) is 4.98 Å². The lowest BCUT2D eigenvalue weighted by Crippen LogP contribution is -1.99. The summed E-state index contributed by atoms with van der Waals surface area (Å²) in [5, 5.41) is -0.194. The zero-order chi connectivity index (χ0) is 10.7. The molecule has 0 aliphatic carbocycles. The molecule has 0 aliphatic heterocycles. The molecule has 1 heterocycles. The van der Waals surface area contributed by atoms with Gasteiger partial charge in [-0.1, -0.05) is 11.6 Å². The van der Waals surface area contributed by atoms with E-state index in [1.807, 2.05) is 0 Å². The highest BCUT2D eigenvalue weighted by Crippen LogP contribution is 2.35.